The number of fused-ring (bicyclic) bond motifs is 1. The molecule has 1 atom stereocenters. The number of rotatable bonds is 6. The second kappa shape index (κ2) is 8.97. The molecule has 2 aromatic rings. The average molecular weight is 362 g/mol. The van der Waals surface area contributed by atoms with Crippen LogP contribution in [0.4, 0.5) is 4.79 Å². The molecule has 2 rings (SSSR count). The fourth-order valence-electron chi connectivity index (χ4n) is 1.85. The Morgan fingerprint density at radius 3 is 2.68 bits per heavy atom. The number of para-hydroxylation sites is 2. The molecule has 1 heterocycles. The normalized spacial score (nSPS) is 11.6. The summed E-state index contributed by atoms with van der Waals surface area (Å²) in [4.78, 5) is 43.4. The first-order valence-electron chi connectivity index (χ1n) is 7.62. The number of urea groups is 1. The maximum absolute atomic E-state index is 11.8. The summed E-state index contributed by atoms with van der Waals surface area (Å²) in [6, 6.07) is 6.78. The molecule has 1 aromatic carbocycles. The number of nitrogens with one attached hydrogen (secondary N) is 2. The van der Waals surface area contributed by atoms with E-state index in [0.29, 0.717) is 11.6 Å². The van der Waals surface area contributed by atoms with Crippen molar-refractivity contribution >= 4 is 40.7 Å². The Hall–Kier alpha value is -2.68. The molecule has 1 unspecified atom stereocenters. The summed E-state index contributed by atoms with van der Waals surface area (Å²) in [5.41, 5.74) is 1.50. The minimum absolute atomic E-state index is 0.0220. The molecule has 0 aliphatic carbocycles. The third-order valence-corrected chi connectivity index (χ3v) is 3.89. The molecular weight excluding hydrogens is 344 g/mol. The van der Waals surface area contributed by atoms with Crippen molar-refractivity contribution in [2.45, 2.75) is 25.0 Å². The fraction of sp³-hybridized carbons (Fsp3) is 0.312. The zero-order valence-corrected chi connectivity index (χ0v) is 14.6. The minimum atomic E-state index is -1.07. The molecule has 0 aliphatic rings. The minimum Gasteiger partial charge on any atom is -0.452 e. The third-order valence-electron chi connectivity index (χ3n) is 3.02. The second-order valence-electron chi connectivity index (χ2n) is 4.97. The van der Waals surface area contributed by atoms with Gasteiger partial charge in [-0.25, -0.2) is 9.78 Å². The van der Waals surface area contributed by atoms with Crippen molar-refractivity contribution in [3.05, 3.63) is 30.5 Å². The number of thioether (sulfide) groups is 1. The van der Waals surface area contributed by atoms with Gasteiger partial charge in [0.2, 0.25) is 0 Å². The molecule has 0 aliphatic heterocycles. The van der Waals surface area contributed by atoms with E-state index in [1.807, 2.05) is 24.3 Å². The molecule has 25 heavy (non-hydrogen) atoms. The van der Waals surface area contributed by atoms with Gasteiger partial charge in [0, 0.05) is 6.54 Å². The van der Waals surface area contributed by atoms with Gasteiger partial charge in [-0.3, -0.25) is 19.9 Å². The Bertz CT molecular complexity index is 784. The lowest BCUT2D eigenvalue weighted by Gasteiger charge is -2.12. The number of ether oxygens (including phenoxy) is 1. The van der Waals surface area contributed by atoms with Crippen LogP contribution in [0.1, 0.15) is 13.8 Å². The van der Waals surface area contributed by atoms with E-state index < -0.39 is 24.0 Å². The van der Waals surface area contributed by atoms with Crippen LogP contribution in [0.2, 0.25) is 0 Å². The Labute approximate surface area is 148 Å². The van der Waals surface area contributed by atoms with E-state index in [4.69, 9.17) is 4.74 Å². The van der Waals surface area contributed by atoms with Gasteiger partial charge in [0.05, 0.1) is 23.0 Å². The number of imide groups is 1. The number of aromatic nitrogens is 2. The van der Waals surface area contributed by atoms with Crippen LogP contribution in [0, 0.1) is 0 Å². The average Bonchev–Trinajstić information content (AvgIpc) is 2.59. The van der Waals surface area contributed by atoms with Crippen molar-refractivity contribution < 1.29 is 19.1 Å². The topological polar surface area (TPSA) is 110 Å². The summed E-state index contributed by atoms with van der Waals surface area (Å²) >= 11 is 1.16. The van der Waals surface area contributed by atoms with Gasteiger partial charge in [-0.05, 0) is 26.0 Å². The summed E-state index contributed by atoms with van der Waals surface area (Å²) in [5, 5.41) is 5.08. The predicted octanol–water partition coefficient (Wildman–Crippen LogP) is 1.50. The molecule has 1 aromatic heterocycles. The van der Waals surface area contributed by atoms with Crippen LogP contribution in [0.3, 0.4) is 0 Å². The number of nitrogens with zero attached hydrogens (tertiary/aromatic N) is 2. The molecular formula is C16H18N4O4S. The first-order chi connectivity index (χ1) is 12.0. The molecule has 0 bridgehead atoms. The van der Waals surface area contributed by atoms with E-state index in [-0.39, 0.29) is 5.75 Å². The smallest absolute Gasteiger partial charge is 0.321 e. The van der Waals surface area contributed by atoms with E-state index in [1.165, 1.54) is 6.92 Å². The molecule has 0 radical (unpaired) electrons. The van der Waals surface area contributed by atoms with Gasteiger partial charge < -0.3 is 10.1 Å². The molecule has 8 nitrogen and oxygen atoms in total. The fourth-order valence-corrected chi connectivity index (χ4v) is 2.47. The van der Waals surface area contributed by atoms with E-state index in [1.54, 1.807) is 13.1 Å². The number of carbonyl (C=O) groups excluding carboxylic acids is 3. The first-order valence-corrected chi connectivity index (χ1v) is 8.61. The van der Waals surface area contributed by atoms with Crippen LogP contribution in [-0.4, -0.2) is 46.3 Å². The molecule has 0 saturated carbocycles. The quantitative estimate of drug-likeness (QED) is 0.592. The lowest BCUT2D eigenvalue weighted by atomic mass is 10.3. The highest BCUT2D eigenvalue weighted by atomic mass is 32.2. The van der Waals surface area contributed by atoms with Crippen LogP contribution >= 0.6 is 11.8 Å². The number of benzene rings is 1. The maximum Gasteiger partial charge on any atom is 0.321 e. The highest BCUT2D eigenvalue weighted by molar-refractivity contribution is 7.99. The Kier molecular flexibility index (Phi) is 6.70. The maximum atomic E-state index is 11.8. The summed E-state index contributed by atoms with van der Waals surface area (Å²) in [6.45, 7) is 3.50. The zero-order valence-electron chi connectivity index (χ0n) is 13.8. The Morgan fingerprint density at radius 1 is 1.24 bits per heavy atom. The van der Waals surface area contributed by atoms with Crippen molar-refractivity contribution in [3.8, 4) is 0 Å². The largest absolute Gasteiger partial charge is 0.452 e. The van der Waals surface area contributed by atoms with Gasteiger partial charge in [0.15, 0.2) is 6.10 Å². The van der Waals surface area contributed by atoms with Crippen molar-refractivity contribution in [3.63, 3.8) is 0 Å². The summed E-state index contributed by atoms with van der Waals surface area (Å²) in [7, 11) is 0. The Balaban J connectivity index is 1.82. The van der Waals surface area contributed by atoms with E-state index in [9.17, 15) is 14.4 Å². The first kappa shape index (κ1) is 18.7. The SMILES string of the molecule is CCNC(=O)NC(=O)C(C)OC(=O)CSc1cnc2ccccc2n1. The second-order valence-corrected chi connectivity index (χ2v) is 5.96. The predicted molar refractivity (Wildman–Crippen MR) is 93.0 cm³/mol. The number of amides is 3. The van der Waals surface area contributed by atoms with Crippen LogP contribution in [0.5, 0.6) is 0 Å². The van der Waals surface area contributed by atoms with Gasteiger partial charge in [0.1, 0.15) is 5.03 Å². The van der Waals surface area contributed by atoms with Crippen LogP contribution in [-0.2, 0) is 14.3 Å². The molecule has 9 heteroatoms. The zero-order chi connectivity index (χ0) is 18.2. The number of hydrogen-bond donors (Lipinski definition) is 2. The van der Waals surface area contributed by atoms with E-state index >= 15 is 0 Å². The highest BCUT2D eigenvalue weighted by Gasteiger charge is 2.19. The monoisotopic (exact) mass is 362 g/mol. The van der Waals surface area contributed by atoms with Gasteiger partial charge in [0.25, 0.3) is 5.91 Å². The van der Waals surface area contributed by atoms with Crippen molar-refractivity contribution in [2.24, 2.45) is 0 Å². The highest BCUT2D eigenvalue weighted by Crippen LogP contribution is 2.18. The third kappa shape index (κ3) is 5.71. The standard InChI is InChI=1S/C16H18N4O4S/c1-3-17-16(23)20-15(22)10(2)24-14(21)9-25-13-8-18-11-6-4-5-7-12(11)19-13/h4-8,10H,3,9H2,1-2H3,(H2,17,20,22,23). The van der Waals surface area contributed by atoms with Gasteiger partial charge in [-0.1, -0.05) is 23.9 Å². The summed E-state index contributed by atoms with van der Waals surface area (Å²) in [6.07, 6.45) is 0.504. The number of hydrogen-bond acceptors (Lipinski definition) is 7. The van der Waals surface area contributed by atoms with Crippen LogP contribution in [0.15, 0.2) is 35.5 Å². The van der Waals surface area contributed by atoms with Crippen LogP contribution < -0.4 is 10.6 Å². The molecule has 0 fully saturated rings. The molecule has 3 amide bonds. The van der Waals surface area contributed by atoms with E-state index in [0.717, 1.165) is 22.8 Å². The number of esters is 1. The molecule has 132 valence electrons. The molecule has 0 spiro atoms. The summed E-state index contributed by atoms with van der Waals surface area (Å²) < 4.78 is 5.00. The lowest BCUT2D eigenvalue weighted by Crippen LogP contribution is -2.44. The van der Waals surface area contributed by atoms with Crippen LogP contribution in [0.25, 0.3) is 11.0 Å². The lowest BCUT2D eigenvalue weighted by molar-refractivity contribution is -0.151. The van der Waals surface area contributed by atoms with Gasteiger partial charge in [-0.2, -0.15) is 0 Å². The van der Waals surface area contributed by atoms with Crippen molar-refractivity contribution in [1.29, 1.82) is 0 Å². The number of carbonyl (C=O) groups is 3. The molecule has 0 saturated heterocycles. The van der Waals surface area contributed by atoms with Crippen molar-refractivity contribution in [2.75, 3.05) is 12.3 Å². The van der Waals surface area contributed by atoms with Crippen molar-refractivity contribution in [1.82, 2.24) is 20.6 Å². The van der Waals surface area contributed by atoms with Gasteiger partial charge in [-0.15, -0.1) is 0 Å². The van der Waals surface area contributed by atoms with Gasteiger partial charge >= 0.3 is 12.0 Å². The summed E-state index contributed by atoms with van der Waals surface area (Å²) in [5.74, 6) is -1.29. The molecule has 2 N–H and O–H groups in total. The Morgan fingerprint density at radius 2 is 1.96 bits per heavy atom. The van der Waals surface area contributed by atoms with E-state index in [2.05, 4.69) is 20.6 Å².